The fourth-order valence-electron chi connectivity index (χ4n) is 4.87. The number of fused-ring (bicyclic) bond motifs is 1. The Labute approximate surface area is 135 Å². The molecule has 3 fully saturated rings. The molecule has 1 amide bonds. The van der Waals surface area contributed by atoms with Gasteiger partial charge in [0.1, 0.15) is 0 Å². The van der Waals surface area contributed by atoms with Gasteiger partial charge in [-0.2, -0.15) is 0 Å². The minimum Gasteiger partial charge on any atom is -0.342 e. The summed E-state index contributed by atoms with van der Waals surface area (Å²) in [5, 5.41) is 0. The SMILES string of the molecule is CC1CCC(N(C)C(=O)CN2CC3CCCC(N)C3C2)CC1. The van der Waals surface area contributed by atoms with Crippen molar-refractivity contribution < 1.29 is 4.79 Å². The predicted octanol–water partition coefficient (Wildman–Crippen LogP) is 2.08. The van der Waals surface area contributed by atoms with Crippen LogP contribution in [0, 0.1) is 17.8 Å². The average Bonchev–Trinajstić information content (AvgIpc) is 2.91. The van der Waals surface area contributed by atoms with Crippen LogP contribution in [0.2, 0.25) is 0 Å². The van der Waals surface area contributed by atoms with E-state index in [0.717, 1.165) is 24.9 Å². The van der Waals surface area contributed by atoms with Crippen molar-refractivity contribution in [3.63, 3.8) is 0 Å². The molecule has 0 aromatic heterocycles. The normalized spacial score (nSPS) is 39.5. The molecular formula is C18H33N3O. The fraction of sp³-hybridized carbons (Fsp3) is 0.944. The number of carbonyl (C=O) groups excluding carboxylic acids is 1. The molecule has 0 bridgehead atoms. The fourth-order valence-corrected chi connectivity index (χ4v) is 4.87. The summed E-state index contributed by atoms with van der Waals surface area (Å²) in [6, 6.07) is 0.826. The van der Waals surface area contributed by atoms with Gasteiger partial charge in [0, 0.05) is 32.2 Å². The molecule has 0 spiro atoms. The van der Waals surface area contributed by atoms with Crippen molar-refractivity contribution in [1.82, 2.24) is 9.80 Å². The molecule has 22 heavy (non-hydrogen) atoms. The van der Waals surface area contributed by atoms with E-state index in [-0.39, 0.29) is 0 Å². The second-order valence-electron chi connectivity index (χ2n) is 8.13. The van der Waals surface area contributed by atoms with Gasteiger partial charge in [0.15, 0.2) is 0 Å². The zero-order chi connectivity index (χ0) is 15.7. The van der Waals surface area contributed by atoms with E-state index in [1.165, 1.54) is 44.9 Å². The first-order chi connectivity index (χ1) is 10.5. The van der Waals surface area contributed by atoms with Gasteiger partial charge >= 0.3 is 0 Å². The van der Waals surface area contributed by atoms with E-state index < -0.39 is 0 Å². The van der Waals surface area contributed by atoms with Gasteiger partial charge in [0.05, 0.1) is 6.54 Å². The molecule has 1 saturated heterocycles. The van der Waals surface area contributed by atoms with Crippen molar-refractivity contribution in [1.29, 1.82) is 0 Å². The van der Waals surface area contributed by atoms with E-state index in [1.807, 2.05) is 11.9 Å². The van der Waals surface area contributed by atoms with Gasteiger partial charge in [-0.25, -0.2) is 0 Å². The number of hydrogen-bond acceptors (Lipinski definition) is 3. The Balaban J connectivity index is 1.49. The Morgan fingerprint density at radius 3 is 2.55 bits per heavy atom. The lowest BCUT2D eigenvalue weighted by atomic mass is 9.78. The molecule has 0 aromatic carbocycles. The molecule has 126 valence electrons. The summed E-state index contributed by atoms with van der Waals surface area (Å²) in [5.74, 6) is 2.51. The highest BCUT2D eigenvalue weighted by Crippen LogP contribution is 2.35. The Hall–Kier alpha value is -0.610. The third-order valence-electron chi connectivity index (χ3n) is 6.51. The Bertz CT molecular complexity index is 392. The van der Waals surface area contributed by atoms with Crippen LogP contribution in [0.1, 0.15) is 51.9 Å². The third kappa shape index (κ3) is 3.48. The summed E-state index contributed by atoms with van der Waals surface area (Å²) in [5.41, 5.74) is 6.28. The standard InChI is InChI=1S/C18H33N3O/c1-13-6-8-15(9-7-13)20(2)18(22)12-21-10-14-4-3-5-17(19)16(14)11-21/h13-17H,3-12,19H2,1-2H3. The monoisotopic (exact) mass is 307 g/mol. The first-order valence-corrected chi connectivity index (χ1v) is 9.28. The third-order valence-corrected chi connectivity index (χ3v) is 6.51. The molecule has 1 heterocycles. The summed E-state index contributed by atoms with van der Waals surface area (Å²) in [4.78, 5) is 17.0. The Morgan fingerprint density at radius 2 is 1.86 bits per heavy atom. The maximum atomic E-state index is 12.6. The molecule has 0 aromatic rings. The first kappa shape index (κ1) is 16.3. The van der Waals surface area contributed by atoms with Crippen molar-refractivity contribution >= 4 is 5.91 Å². The van der Waals surface area contributed by atoms with Gasteiger partial charge in [-0.05, 0) is 56.3 Å². The summed E-state index contributed by atoms with van der Waals surface area (Å²) < 4.78 is 0. The van der Waals surface area contributed by atoms with Crippen LogP contribution in [0.3, 0.4) is 0 Å². The lowest BCUT2D eigenvalue weighted by Crippen LogP contribution is -2.44. The number of likely N-dealkylation sites (N-methyl/N-ethyl adjacent to an activating group) is 1. The van der Waals surface area contributed by atoms with Crippen molar-refractivity contribution in [2.24, 2.45) is 23.5 Å². The number of carbonyl (C=O) groups is 1. The van der Waals surface area contributed by atoms with Crippen LogP contribution >= 0.6 is 0 Å². The Kier molecular flexibility index (Phi) is 5.08. The molecule has 3 aliphatic rings. The van der Waals surface area contributed by atoms with E-state index in [2.05, 4.69) is 11.8 Å². The molecule has 4 nitrogen and oxygen atoms in total. The first-order valence-electron chi connectivity index (χ1n) is 9.28. The van der Waals surface area contributed by atoms with Crippen LogP contribution in [-0.2, 0) is 4.79 Å². The summed E-state index contributed by atoms with van der Waals surface area (Å²) in [7, 11) is 2.01. The molecule has 3 unspecified atom stereocenters. The molecular weight excluding hydrogens is 274 g/mol. The number of amides is 1. The number of likely N-dealkylation sites (tertiary alicyclic amines) is 1. The maximum absolute atomic E-state index is 12.6. The quantitative estimate of drug-likeness (QED) is 0.868. The lowest BCUT2D eigenvalue weighted by Gasteiger charge is -2.34. The number of rotatable bonds is 3. The van der Waals surface area contributed by atoms with Crippen LogP contribution < -0.4 is 5.73 Å². The summed E-state index contributed by atoms with van der Waals surface area (Å²) in [6.07, 6.45) is 8.64. The number of nitrogens with two attached hydrogens (primary N) is 1. The van der Waals surface area contributed by atoms with Crippen LogP contribution in [0.5, 0.6) is 0 Å². The highest BCUT2D eigenvalue weighted by Gasteiger charge is 2.39. The van der Waals surface area contributed by atoms with E-state index in [4.69, 9.17) is 5.73 Å². The van der Waals surface area contributed by atoms with Gasteiger partial charge in [-0.3, -0.25) is 9.69 Å². The van der Waals surface area contributed by atoms with Crippen molar-refractivity contribution in [2.45, 2.75) is 64.0 Å². The Morgan fingerprint density at radius 1 is 1.14 bits per heavy atom. The second kappa shape index (κ2) is 6.88. The molecule has 4 heteroatoms. The minimum absolute atomic E-state index is 0.312. The van der Waals surface area contributed by atoms with Gasteiger partial charge in [-0.15, -0.1) is 0 Å². The van der Waals surface area contributed by atoms with Gasteiger partial charge in [0.25, 0.3) is 0 Å². The van der Waals surface area contributed by atoms with Crippen molar-refractivity contribution in [3.8, 4) is 0 Å². The molecule has 3 atom stereocenters. The molecule has 2 N–H and O–H groups in total. The average molecular weight is 307 g/mol. The topological polar surface area (TPSA) is 49.6 Å². The van der Waals surface area contributed by atoms with E-state index in [1.54, 1.807) is 0 Å². The lowest BCUT2D eigenvalue weighted by molar-refractivity contribution is -0.133. The maximum Gasteiger partial charge on any atom is 0.236 e. The van der Waals surface area contributed by atoms with Gasteiger partial charge < -0.3 is 10.6 Å². The number of hydrogen-bond donors (Lipinski definition) is 1. The highest BCUT2D eigenvalue weighted by molar-refractivity contribution is 5.78. The van der Waals surface area contributed by atoms with Crippen LogP contribution in [0.4, 0.5) is 0 Å². The largest absolute Gasteiger partial charge is 0.342 e. The molecule has 1 aliphatic heterocycles. The summed E-state index contributed by atoms with van der Waals surface area (Å²) >= 11 is 0. The number of nitrogens with zero attached hydrogens (tertiary/aromatic N) is 2. The van der Waals surface area contributed by atoms with Crippen molar-refractivity contribution in [2.75, 3.05) is 26.7 Å². The van der Waals surface area contributed by atoms with Crippen LogP contribution in [-0.4, -0.2) is 54.5 Å². The summed E-state index contributed by atoms with van der Waals surface area (Å²) in [6.45, 7) is 5.04. The molecule has 3 rings (SSSR count). The zero-order valence-corrected chi connectivity index (χ0v) is 14.3. The highest BCUT2D eigenvalue weighted by atomic mass is 16.2. The van der Waals surface area contributed by atoms with Gasteiger partial charge in [-0.1, -0.05) is 13.3 Å². The second-order valence-corrected chi connectivity index (χ2v) is 8.13. The smallest absolute Gasteiger partial charge is 0.236 e. The molecule has 0 radical (unpaired) electrons. The minimum atomic E-state index is 0.312. The predicted molar refractivity (Wildman–Crippen MR) is 89.4 cm³/mol. The molecule has 2 saturated carbocycles. The van der Waals surface area contributed by atoms with Crippen LogP contribution in [0.15, 0.2) is 0 Å². The molecule has 2 aliphatic carbocycles. The van der Waals surface area contributed by atoms with Gasteiger partial charge in [0.2, 0.25) is 5.91 Å². The van der Waals surface area contributed by atoms with Crippen LogP contribution in [0.25, 0.3) is 0 Å². The van der Waals surface area contributed by atoms with Crippen molar-refractivity contribution in [3.05, 3.63) is 0 Å². The van der Waals surface area contributed by atoms with E-state index in [9.17, 15) is 4.79 Å². The zero-order valence-electron chi connectivity index (χ0n) is 14.3. The van der Waals surface area contributed by atoms with E-state index in [0.29, 0.717) is 30.5 Å². The van der Waals surface area contributed by atoms with E-state index >= 15 is 0 Å².